The van der Waals surface area contributed by atoms with Crippen LogP contribution in [0.2, 0.25) is 0 Å². The molecule has 0 radical (unpaired) electrons. The molecule has 1 aromatic rings. The molecule has 0 aliphatic carbocycles. The van der Waals surface area contributed by atoms with Gasteiger partial charge < -0.3 is 18.9 Å². The summed E-state index contributed by atoms with van der Waals surface area (Å²) in [5.74, 6) is 0.874. The van der Waals surface area contributed by atoms with Gasteiger partial charge in [-0.2, -0.15) is 10.5 Å². The molecule has 1 atom stereocenters. The number of nitriles is 2. The number of fused-ring (bicyclic) bond motifs is 2. The molecule has 8 nitrogen and oxygen atoms in total. The normalized spacial score (nSPS) is 16.2. The zero-order valence-electron chi connectivity index (χ0n) is 27.6. The summed E-state index contributed by atoms with van der Waals surface area (Å²) in [5, 5.41) is 19.9. The van der Waals surface area contributed by atoms with Gasteiger partial charge in [0.05, 0.1) is 54.5 Å². The van der Waals surface area contributed by atoms with E-state index in [2.05, 4.69) is 39.8 Å². The first-order valence-corrected chi connectivity index (χ1v) is 19.4. The van der Waals surface area contributed by atoms with Crippen molar-refractivity contribution in [2.24, 2.45) is 11.8 Å². The molecule has 12 heteroatoms. The van der Waals surface area contributed by atoms with E-state index in [0.29, 0.717) is 45.0 Å². The molecule has 2 aliphatic rings. The first-order valence-electron chi connectivity index (χ1n) is 16.2. The number of ether oxygens (including phenoxy) is 4. The van der Waals surface area contributed by atoms with E-state index in [9.17, 15) is 20.1 Å². The second-order valence-corrected chi connectivity index (χ2v) is 15.4. The quantitative estimate of drug-likeness (QED) is 0.0626. The van der Waals surface area contributed by atoms with Crippen LogP contribution in [0.25, 0.3) is 0 Å². The van der Waals surface area contributed by atoms with Crippen molar-refractivity contribution in [3.8, 4) is 23.6 Å². The highest BCUT2D eigenvalue weighted by Gasteiger charge is 2.40. The van der Waals surface area contributed by atoms with E-state index >= 15 is 0 Å². The molecule has 3 rings (SSSR count). The predicted molar refractivity (Wildman–Crippen MR) is 186 cm³/mol. The van der Waals surface area contributed by atoms with Gasteiger partial charge in [-0.15, -0.1) is 0 Å². The second kappa shape index (κ2) is 19.4. The summed E-state index contributed by atoms with van der Waals surface area (Å²) in [5.41, 5.74) is -0.105. The molecule has 0 aromatic heterocycles. The standard InChI is InChI=1S/C34H44N2O6S4/c1-7-13-15-22(10-4)20-42-26-29-27(43-33(45-29)23(18-35)31(37)39-11-5)25(41-17-14-16-21(8-2)9-3)28-30(26)46-34(44-28)24(19-36)32(38)40-12-6/h21-22H,7-17,20H2,1-6H3/b33-23-,34-24+. The number of rotatable bonds is 18. The number of carbonyl (C=O) groups is 2. The molecule has 0 bridgehead atoms. The molecular formula is C34H44N2O6S4. The Kier molecular flexibility index (Phi) is 16.1. The fourth-order valence-electron chi connectivity index (χ4n) is 4.97. The third-order valence-electron chi connectivity index (χ3n) is 7.77. The van der Waals surface area contributed by atoms with Crippen molar-refractivity contribution in [3.63, 3.8) is 0 Å². The highest BCUT2D eigenvalue weighted by atomic mass is 32.2. The molecule has 1 aromatic carbocycles. The lowest BCUT2D eigenvalue weighted by Crippen LogP contribution is -2.12. The van der Waals surface area contributed by atoms with Crippen molar-refractivity contribution >= 4 is 59.0 Å². The zero-order valence-corrected chi connectivity index (χ0v) is 30.9. The van der Waals surface area contributed by atoms with Crippen LogP contribution < -0.4 is 9.47 Å². The maximum Gasteiger partial charge on any atom is 0.350 e. The first kappa shape index (κ1) is 38.1. The fraction of sp³-hybridized carbons (Fsp3) is 0.588. The minimum absolute atomic E-state index is 0.0526. The summed E-state index contributed by atoms with van der Waals surface area (Å²) < 4.78 is 24.6. The van der Waals surface area contributed by atoms with E-state index < -0.39 is 11.9 Å². The van der Waals surface area contributed by atoms with E-state index in [1.54, 1.807) is 13.8 Å². The number of hydrogen-bond acceptors (Lipinski definition) is 12. The Morgan fingerprint density at radius 2 is 1.09 bits per heavy atom. The predicted octanol–water partition coefficient (Wildman–Crippen LogP) is 9.87. The maximum absolute atomic E-state index is 12.8. The minimum Gasteiger partial charge on any atom is -0.491 e. The molecule has 0 spiro atoms. The molecule has 250 valence electrons. The highest BCUT2D eigenvalue weighted by molar-refractivity contribution is 8.26. The van der Waals surface area contributed by atoms with Crippen molar-refractivity contribution < 1.29 is 28.5 Å². The van der Waals surface area contributed by atoms with Gasteiger partial charge in [0.1, 0.15) is 23.6 Å². The van der Waals surface area contributed by atoms with Gasteiger partial charge in [0.15, 0.2) is 11.1 Å². The van der Waals surface area contributed by atoms with Gasteiger partial charge in [0.25, 0.3) is 0 Å². The molecule has 0 saturated heterocycles. The third-order valence-corrected chi connectivity index (χ3v) is 13.0. The average Bonchev–Trinajstić information content (AvgIpc) is 3.68. The fourth-order valence-corrected chi connectivity index (χ4v) is 10.4. The molecule has 46 heavy (non-hydrogen) atoms. The van der Waals surface area contributed by atoms with Crippen molar-refractivity contribution in [2.75, 3.05) is 26.4 Å². The van der Waals surface area contributed by atoms with Crippen LogP contribution in [-0.2, 0) is 19.1 Å². The first-order chi connectivity index (χ1) is 22.3. The summed E-state index contributed by atoms with van der Waals surface area (Å²) in [4.78, 5) is 28.6. The Balaban J connectivity index is 2.17. The van der Waals surface area contributed by atoms with Crippen molar-refractivity contribution in [3.05, 3.63) is 19.6 Å². The maximum atomic E-state index is 12.8. The number of hydrogen-bond donors (Lipinski definition) is 0. The molecule has 0 fully saturated rings. The SMILES string of the molecule is CCCCC(CC)COc1c2c(c(OCCCC(CC)CC)c3c1S/C(=C(\C#N)C(=O)OCC)S3)S/C(=C(\C#N)C(=O)OCC)S2. The van der Waals surface area contributed by atoms with Gasteiger partial charge >= 0.3 is 11.9 Å². The number of esters is 2. The zero-order chi connectivity index (χ0) is 33.6. The van der Waals surface area contributed by atoms with Crippen molar-refractivity contribution in [1.29, 1.82) is 10.5 Å². The van der Waals surface area contributed by atoms with Gasteiger partial charge in [-0.1, -0.05) is 107 Å². The lowest BCUT2D eigenvalue weighted by Gasteiger charge is -2.21. The van der Waals surface area contributed by atoms with E-state index in [4.69, 9.17) is 18.9 Å². The summed E-state index contributed by atoms with van der Waals surface area (Å²) in [7, 11) is 0. The third kappa shape index (κ3) is 9.37. The van der Waals surface area contributed by atoms with Crippen LogP contribution in [0.4, 0.5) is 0 Å². The Morgan fingerprint density at radius 3 is 1.48 bits per heavy atom. The summed E-state index contributed by atoms with van der Waals surface area (Å²) in [6.07, 6.45) is 8.33. The van der Waals surface area contributed by atoms with Crippen LogP contribution in [0.3, 0.4) is 0 Å². The summed E-state index contributed by atoms with van der Waals surface area (Å²) in [6.45, 7) is 13.4. The number of thioether (sulfide) groups is 4. The molecular weight excluding hydrogens is 661 g/mol. The van der Waals surface area contributed by atoms with Crippen molar-refractivity contribution in [1.82, 2.24) is 0 Å². The number of nitrogens with zero attached hydrogens (tertiary/aromatic N) is 2. The Bertz CT molecular complexity index is 1320. The van der Waals surface area contributed by atoms with Gasteiger partial charge in [0.2, 0.25) is 0 Å². The Hall–Kier alpha value is -2.38. The van der Waals surface area contributed by atoms with E-state index in [1.165, 1.54) is 47.0 Å². The molecule has 1 unspecified atom stereocenters. The van der Waals surface area contributed by atoms with Crippen LogP contribution in [0, 0.1) is 34.5 Å². The summed E-state index contributed by atoms with van der Waals surface area (Å²) >= 11 is 5.23. The van der Waals surface area contributed by atoms with E-state index in [0.717, 1.165) is 70.9 Å². The largest absolute Gasteiger partial charge is 0.491 e. The van der Waals surface area contributed by atoms with E-state index in [1.807, 2.05) is 0 Å². The summed E-state index contributed by atoms with van der Waals surface area (Å²) in [6, 6.07) is 4.10. The monoisotopic (exact) mass is 704 g/mol. The second-order valence-electron chi connectivity index (χ2n) is 10.8. The van der Waals surface area contributed by atoms with Crippen LogP contribution in [0.5, 0.6) is 11.5 Å². The molecule has 2 aliphatic heterocycles. The number of benzene rings is 1. The van der Waals surface area contributed by atoms with Crippen LogP contribution in [0.1, 0.15) is 92.9 Å². The van der Waals surface area contributed by atoms with Crippen LogP contribution in [-0.4, -0.2) is 38.4 Å². The van der Waals surface area contributed by atoms with Gasteiger partial charge in [0, 0.05) is 0 Å². The molecule has 2 heterocycles. The van der Waals surface area contributed by atoms with Gasteiger partial charge in [-0.3, -0.25) is 0 Å². The Labute approximate surface area is 290 Å². The Morgan fingerprint density at radius 1 is 0.652 bits per heavy atom. The smallest absolute Gasteiger partial charge is 0.350 e. The molecule has 0 saturated carbocycles. The average molecular weight is 705 g/mol. The van der Waals surface area contributed by atoms with Gasteiger partial charge in [-0.25, -0.2) is 9.59 Å². The van der Waals surface area contributed by atoms with E-state index in [-0.39, 0.29) is 24.4 Å². The van der Waals surface area contributed by atoms with Crippen LogP contribution in [0.15, 0.2) is 39.2 Å². The number of carbonyl (C=O) groups excluding carboxylic acids is 2. The van der Waals surface area contributed by atoms with Crippen molar-refractivity contribution in [2.45, 2.75) is 112 Å². The van der Waals surface area contributed by atoms with Crippen LogP contribution >= 0.6 is 47.0 Å². The molecule has 0 amide bonds. The lowest BCUT2D eigenvalue weighted by atomic mass is 9.98. The highest BCUT2D eigenvalue weighted by Crippen LogP contribution is 2.68. The molecule has 0 N–H and O–H groups in total. The topological polar surface area (TPSA) is 119 Å². The number of unbranched alkanes of at least 4 members (excludes halogenated alkanes) is 1. The lowest BCUT2D eigenvalue weighted by molar-refractivity contribution is -0.138. The minimum atomic E-state index is -0.664. The van der Waals surface area contributed by atoms with Gasteiger partial charge in [-0.05, 0) is 44.9 Å².